The number of carbonyl (C=O) groups is 1. The van der Waals surface area contributed by atoms with Gasteiger partial charge in [-0.05, 0) is 12.1 Å². The molecule has 0 aliphatic carbocycles. The number of rotatable bonds is 4. The van der Waals surface area contributed by atoms with Gasteiger partial charge in [0.15, 0.2) is 10.3 Å². The predicted octanol–water partition coefficient (Wildman–Crippen LogP) is 3.18. The van der Waals surface area contributed by atoms with Crippen molar-refractivity contribution in [3.05, 3.63) is 51.8 Å². The first kappa shape index (κ1) is 14.7. The zero-order chi connectivity index (χ0) is 14.5. The summed E-state index contributed by atoms with van der Waals surface area (Å²) in [5, 5.41) is 10.0. The number of hydrogen-bond donors (Lipinski definition) is 1. The Morgan fingerprint density at radius 1 is 1.30 bits per heavy atom. The number of methoxy groups -OCH3 is 1. The number of nitrogens with zero attached hydrogens (tertiary/aromatic N) is 2. The maximum atomic E-state index is 12.2. The van der Waals surface area contributed by atoms with Crippen LogP contribution >= 0.6 is 23.2 Å². The van der Waals surface area contributed by atoms with Gasteiger partial charge < -0.3 is 10.1 Å². The molecule has 0 bridgehead atoms. The topological polar surface area (TPSA) is 64.1 Å². The van der Waals surface area contributed by atoms with Crippen LogP contribution in [0.15, 0.2) is 30.3 Å². The van der Waals surface area contributed by atoms with Crippen LogP contribution in [-0.2, 0) is 11.3 Å². The Kier molecular flexibility index (Phi) is 4.89. The Morgan fingerprint density at radius 2 is 2.05 bits per heavy atom. The molecule has 1 amide bonds. The molecule has 1 N–H and O–H groups in total. The minimum Gasteiger partial charge on any atom is -0.380 e. The predicted molar refractivity (Wildman–Crippen MR) is 77.2 cm³/mol. The number of anilines is 1. The van der Waals surface area contributed by atoms with Crippen LogP contribution in [0.25, 0.3) is 0 Å². The van der Waals surface area contributed by atoms with Gasteiger partial charge in [0.05, 0.1) is 12.2 Å². The van der Waals surface area contributed by atoms with E-state index in [1.807, 2.05) is 18.2 Å². The molecular weight excluding hydrogens is 301 g/mol. The lowest BCUT2D eigenvalue weighted by atomic mass is 10.2. The maximum absolute atomic E-state index is 12.2. The number of ether oxygens (including phenoxy) is 1. The fraction of sp³-hybridized carbons (Fsp3) is 0.154. The molecule has 104 valence electrons. The van der Waals surface area contributed by atoms with Gasteiger partial charge in [-0.25, -0.2) is 0 Å². The van der Waals surface area contributed by atoms with Gasteiger partial charge in [0.2, 0.25) is 0 Å². The second-order valence-corrected chi connectivity index (χ2v) is 4.66. The second kappa shape index (κ2) is 6.65. The molecule has 0 aliphatic rings. The van der Waals surface area contributed by atoms with E-state index < -0.39 is 5.91 Å². The summed E-state index contributed by atoms with van der Waals surface area (Å²) in [6.07, 6.45) is 0. The summed E-state index contributed by atoms with van der Waals surface area (Å²) in [5.41, 5.74) is 1.66. The van der Waals surface area contributed by atoms with E-state index in [1.54, 1.807) is 13.2 Å². The standard InChI is InChI=1S/C13H11Cl2N3O2/c1-20-7-8-4-2-3-5-10(8)16-13(19)9-6-11(14)17-18-12(9)15/h2-6H,7H2,1H3,(H,16,19). The summed E-state index contributed by atoms with van der Waals surface area (Å²) < 4.78 is 5.08. The van der Waals surface area contributed by atoms with Crippen molar-refractivity contribution >= 4 is 34.8 Å². The number of para-hydroxylation sites is 1. The second-order valence-electron chi connectivity index (χ2n) is 3.92. The molecular formula is C13H11Cl2N3O2. The zero-order valence-corrected chi connectivity index (χ0v) is 12.1. The molecule has 0 aliphatic heterocycles. The lowest BCUT2D eigenvalue weighted by Crippen LogP contribution is -2.15. The van der Waals surface area contributed by atoms with Gasteiger partial charge in [-0.3, -0.25) is 4.79 Å². The molecule has 0 radical (unpaired) electrons. The minimum absolute atomic E-state index is 0.00359. The molecule has 1 heterocycles. The van der Waals surface area contributed by atoms with Crippen molar-refractivity contribution in [3.63, 3.8) is 0 Å². The van der Waals surface area contributed by atoms with Crippen LogP contribution < -0.4 is 5.32 Å². The van der Waals surface area contributed by atoms with Crippen LogP contribution in [0.2, 0.25) is 10.3 Å². The average molecular weight is 312 g/mol. The maximum Gasteiger partial charge on any atom is 0.258 e. The van der Waals surface area contributed by atoms with Crippen LogP contribution in [0.3, 0.4) is 0 Å². The van der Waals surface area contributed by atoms with E-state index in [-0.39, 0.29) is 15.9 Å². The number of amides is 1. The fourth-order valence-electron chi connectivity index (χ4n) is 1.63. The van der Waals surface area contributed by atoms with Gasteiger partial charge in [0, 0.05) is 18.4 Å². The van der Waals surface area contributed by atoms with Gasteiger partial charge in [-0.15, -0.1) is 10.2 Å². The minimum atomic E-state index is -0.407. The van der Waals surface area contributed by atoms with E-state index in [9.17, 15) is 4.79 Å². The number of carbonyl (C=O) groups excluding carboxylic acids is 1. The third kappa shape index (κ3) is 3.45. The molecule has 1 aromatic heterocycles. The highest BCUT2D eigenvalue weighted by Crippen LogP contribution is 2.20. The number of aromatic nitrogens is 2. The lowest BCUT2D eigenvalue weighted by Gasteiger charge is -2.10. The Labute approximate surface area is 125 Å². The van der Waals surface area contributed by atoms with E-state index >= 15 is 0 Å². The number of hydrogen-bond acceptors (Lipinski definition) is 4. The third-order valence-electron chi connectivity index (χ3n) is 2.53. The fourth-order valence-corrected chi connectivity index (χ4v) is 1.95. The van der Waals surface area contributed by atoms with E-state index in [0.29, 0.717) is 12.3 Å². The molecule has 7 heteroatoms. The first-order chi connectivity index (χ1) is 9.61. The molecule has 0 fully saturated rings. The highest BCUT2D eigenvalue weighted by Gasteiger charge is 2.14. The van der Waals surface area contributed by atoms with Crippen LogP contribution in [0, 0.1) is 0 Å². The van der Waals surface area contributed by atoms with E-state index in [2.05, 4.69) is 15.5 Å². The Morgan fingerprint density at radius 3 is 2.80 bits per heavy atom. The summed E-state index contributed by atoms with van der Waals surface area (Å²) in [6.45, 7) is 0.388. The summed E-state index contributed by atoms with van der Waals surface area (Å²) in [7, 11) is 1.59. The lowest BCUT2D eigenvalue weighted by molar-refractivity contribution is 0.102. The van der Waals surface area contributed by atoms with Gasteiger partial charge in [0.1, 0.15) is 0 Å². The number of nitrogens with one attached hydrogen (secondary N) is 1. The van der Waals surface area contributed by atoms with Crippen molar-refractivity contribution in [1.29, 1.82) is 0 Å². The van der Waals surface area contributed by atoms with Crippen molar-refractivity contribution in [1.82, 2.24) is 10.2 Å². The van der Waals surface area contributed by atoms with Crippen molar-refractivity contribution in [2.24, 2.45) is 0 Å². The van der Waals surface area contributed by atoms with Crippen molar-refractivity contribution in [2.45, 2.75) is 6.61 Å². The van der Waals surface area contributed by atoms with Crippen molar-refractivity contribution < 1.29 is 9.53 Å². The zero-order valence-electron chi connectivity index (χ0n) is 10.6. The summed E-state index contributed by atoms with van der Waals surface area (Å²) in [4.78, 5) is 12.2. The van der Waals surface area contributed by atoms with E-state index in [1.165, 1.54) is 6.07 Å². The highest BCUT2D eigenvalue weighted by atomic mass is 35.5. The van der Waals surface area contributed by atoms with Gasteiger partial charge in [0.25, 0.3) is 5.91 Å². The summed E-state index contributed by atoms with van der Waals surface area (Å²) in [6, 6.07) is 8.68. The smallest absolute Gasteiger partial charge is 0.258 e. The molecule has 2 rings (SSSR count). The Bertz CT molecular complexity index is 635. The molecule has 1 aromatic carbocycles. The molecule has 0 saturated carbocycles. The largest absolute Gasteiger partial charge is 0.380 e. The SMILES string of the molecule is COCc1ccccc1NC(=O)c1cc(Cl)nnc1Cl. The monoisotopic (exact) mass is 311 g/mol. The third-order valence-corrected chi connectivity index (χ3v) is 2.99. The summed E-state index contributed by atoms with van der Waals surface area (Å²) >= 11 is 11.6. The van der Waals surface area contributed by atoms with Crippen LogP contribution in [-0.4, -0.2) is 23.2 Å². The summed E-state index contributed by atoms with van der Waals surface area (Å²) in [5.74, 6) is -0.407. The van der Waals surface area contributed by atoms with Crippen LogP contribution in [0.1, 0.15) is 15.9 Å². The van der Waals surface area contributed by atoms with Gasteiger partial charge >= 0.3 is 0 Å². The molecule has 0 atom stereocenters. The van der Waals surface area contributed by atoms with Gasteiger partial charge in [-0.2, -0.15) is 0 Å². The first-order valence-corrected chi connectivity index (χ1v) is 6.44. The quantitative estimate of drug-likeness (QED) is 0.942. The van der Waals surface area contributed by atoms with Crippen LogP contribution in [0.5, 0.6) is 0 Å². The highest BCUT2D eigenvalue weighted by molar-refractivity contribution is 6.34. The van der Waals surface area contributed by atoms with Gasteiger partial charge in [-0.1, -0.05) is 41.4 Å². The number of halogens is 2. The first-order valence-electron chi connectivity index (χ1n) is 5.68. The van der Waals surface area contributed by atoms with E-state index in [0.717, 1.165) is 5.56 Å². The average Bonchev–Trinajstić information content (AvgIpc) is 2.44. The molecule has 0 unspecified atom stereocenters. The molecule has 2 aromatic rings. The van der Waals surface area contributed by atoms with Crippen LogP contribution in [0.4, 0.5) is 5.69 Å². The normalized spacial score (nSPS) is 10.3. The Hall–Kier alpha value is -1.69. The number of benzene rings is 1. The molecule has 0 spiro atoms. The molecule has 0 saturated heterocycles. The van der Waals surface area contributed by atoms with Crippen molar-refractivity contribution in [2.75, 3.05) is 12.4 Å². The molecule has 20 heavy (non-hydrogen) atoms. The molecule has 5 nitrogen and oxygen atoms in total. The Balaban J connectivity index is 2.26. The van der Waals surface area contributed by atoms with Crippen molar-refractivity contribution in [3.8, 4) is 0 Å². The van der Waals surface area contributed by atoms with E-state index in [4.69, 9.17) is 27.9 Å².